The van der Waals surface area contributed by atoms with E-state index in [2.05, 4.69) is 6.92 Å². The van der Waals surface area contributed by atoms with Crippen LogP contribution in [0.4, 0.5) is 14.5 Å². The topological polar surface area (TPSA) is 52.3 Å². The van der Waals surface area contributed by atoms with E-state index in [0.29, 0.717) is 0 Å². The molecule has 0 saturated heterocycles. The molecule has 0 heterocycles. The highest BCUT2D eigenvalue weighted by molar-refractivity contribution is 5.95. The van der Waals surface area contributed by atoms with Crippen LogP contribution in [0, 0.1) is 11.6 Å². The Kier molecular flexibility index (Phi) is 6.25. The Hall–Kier alpha value is -1.65. The number of nitrogens with two attached hydrogens (primary N) is 1. The molecule has 106 valence electrons. The van der Waals surface area contributed by atoms with Gasteiger partial charge in [-0.3, -0.25) is 0 Å². The van der Waals surface area contributed by atoms with Gasteiger partial charge in [-0.1, -0.05) is 32.6 Å². The van der Waals surface area contributed by atoms with Crippen molar-refractivity contribution in [1.82, 2.24) is 0 Å². The van der Waals surface area contributed by atoms with Gasteiger partial charge in [-0.05, 0) is 12.5 Å². The summed E-state index contributed by atoms with van der Waals surface area (Å²) in [4.78, 5) is 11.6. The molecule has 0 aliphatic heterocycles. The minimum atomic E-state index is -1.11. The van der Waals surface area contributed by atoms with Crippen LogP contribution in [-0.4, -0.2) is 12.6 Å². The maximum atomic E-state index is 13.0. The predicted molar refractivity (Wildman–Crippen MR) is 69.8 cm³/mol. The molecular weight excluding hydrogens is 252 g/mol. The Morgan fingerprint density at radius 3 is 2.47 bits per heavy atom. The maximum absolute atomic E-state index is 13.0. The third-order valence-corrected chi connectivity index (χ3v) is 2.79. The van der Waals surface area contributed by atoms with Gasteiger partial charge < -0.3 is 10.5 Å². The molecule has 0 amide bonds. The summed E-state index contributed by atoms with van der Waals surface area (Å²) in [7, 11) is 0. The third kappa shape index (κ3) is 4.85. The van der Waals surface area contributed by atoms with E-state index in [1.165, 1.54) is 0 Å². The maximum Gasteiger partial charge on any atom is 0.340 e. The molecule has 1 rings (SSSR count). The summed E-state index contributed by atoms with van der Waals surface area (Å²) in [5, 5.41) is 0. The Bertz CT molecular complexity index is 436. The van der Waals surface area contributed by atoms with E-state index < -0.39 is 17.6 Å². The van der Waals surface area contributed by atoms with Gasteiger partial charge in [-0.2, -0.15) is 0 Å². The van der Waals surface area contributed by atoms with E-state index >= 15 is 0 Å². The lowest BCUT2D eigenvalue weighted by molar-refractivity contribution is 0.0498. The molecule has 0 fully saturated rings. The van der Waals surface area contributed by atoms with E-state index in [1.807, 2.05) is 0 Å². The molecule has 0 radical (unpaired) electrons. The number of anilines is 1. The summed E-state index contributed by atoms with van der Waals surface area (Å²) in [6.07, 6.45) is 5.14. The van der Waals surface area contributed by atoms with Crippen molar-refractivity contribution in [2.45, 2.75) is 39.0 Å². The van der Waals surface area contributed by atoms with Crippen LogP contribution in [0.2, 0.25) is 0 Å². The smallest absolute Gasteiger partial charge is 0.340 e. The van der Waals surface area contributed by atoms with Gasteiger partial charge >= 0.3 is 5.97 Å². The van der Waals surface area contributed by atoms with Crippen molar-refractivity contribution in [2.75, 3.05) is 12.3 Å². The number of hydrogen-bond acceptors (Lipinski definition) is 3. The summed E-state index contributed by atoms with van der Waals surface area (Å²) in [6.45, 7) is 2.38. The van der Waals surface area contributed by atoms with Crippen LogP contribution in [0.1, 0.15) is 49.4 Å². The lowest BCUT2D eigenvalue weighted by Crippen LogP contribution is -2.10. The van der Waals surface area contributed by atoms with E-state index in [-0.39, 0.29) is 17.9 Å². The number of benzene rings is 1. The average molecular weight is 271 g/mol. The molecule has 2 N–H and O–H groups in total. The van der Waals surface area contributed by atoms with Crippen LogP contribution < -0.4 is 5.73 Å². The summed E-state index contributed by atoms with van der Waals surface area (Å²) in [5.41, 5.74) is 5.21. The molecule has 1 aromatic carbocycles. The number of nitrogen functional groups attached to an aromatic ring is 1. The molecular formula is C14H19F2NO2. The van der Waals surface area contributed by atoms with Crippen molar-refractivity contribution >= 4 is 11.7 Å². The van der Waals surface area contributed by atoms with E-state index in [9.17, 15) is 13.6 Å². The molecule has 0 unspecified atom stereocenters. The van der Waals surface area contributed by atoms with Gasteiger partial charge in [0.15, 0.2) is 11.6 Å². The zero-order valence-electron chi connectivity index (χ0n) is 11.0. The number of carbonyl (C=O) groups excluding carboxylic acids is 1. The molecule has 0 bridgehead atoms. The van der Waals surface area contributed by atoms with Crippen LogP contribution in [0.5, 0.6) is 0 Å². The summed E-state index contributed by atoms with van der Waals surface area (Å²) in [6, 6.07) is 1.55. The number of rotatable bonds is 7. The first kappa shape index (κ1) is 15.4. The first-order valence-electron chi connectivity index (χ1n) is 6.48. The van der Waals surface area contributed by atoms with Crippen molar-refractivity contribution in [3.63, 3.8) is 0 Å². The molecule has 0 aliphatic carbocycles. The van der Waals surface area contributed by atoms with Crippen LogP contribution in [0.3, 0.4) is 0 Å². The highest BCUT2D eigenvalue weighted by Crippen LogP contribution is 2.18. The predicted octanol–water partition coefficient (Wildman–Crippen LogP) is 3.67. The van der Waals surface area contributed by atoms with Gasteiger partial charge in [-0.25, -0.2) is 13.6 Å². The number of halogens is 2. The zero-order valence-corrected chi connectivity index (χ0v) is 11.0. The summed E-state index contributed by atoms with van der Waals surface area (Å²) in [5.74, 6) is -2.90. The van der Waals surface area contributed by atoms with Crippen LogP contribution in [-0.2, 0) is 4.74 Å². The number of unbranched alkanes of at least 4 members (excludes halogenated alkanes) is 4. The summed E-state index contributed by atoms with van der Waals surface area (Å²) < 4.78 is 30.8. The molecule has 0 aromatic heterocycles. The van der Waals surface area contributed by atoms with Crippen molar-refractivity contribution in [3.05, 3.63) is 29.3 Å². The van der Waals surface area contributed by atoms with E-state index in [1.54, 1.807) is 0 Å². The SMILES string of the molecule is CCCCCCCOC(=O)c1cc(F)c(F)cc1N. The molecule has 0 aliphatic rings. The largest absolute Gasteiger partial charge is 0.462 e. The van der Waals surface area contributed by atoms with Crippen molar-refractivity contribution in [1.29, 1.82) is 0 Å². The zero-order chi connectivity index (χ0) is 14.3. The molecule has 0 atom stereocenters. The van der Waals surface area contributed by atoms with Crippen LogP contribution in [0.15, 0.2) is 12.1 Å². The van der Waals surface area contributed by atoms with Gasteiger partial charge in [0.25, 0.3) is 0 Å². The van der Waals surface area contributed by atoms with Crippen LogP contribution >= 0.6 is 0 Å². The highest BCUT2D eigenvalue weighted by Gasteiger charge is 2.15. The molecule has 0 saturated carbocycles. The Labute approximate surface area is 111 Å². The number of esters is 1. The second-order valence-electron chi connectivity index (χ2n) is 4.40. The average Bonchev–Trinajstić information content (AvgIpc) is 2.37. The molecule has 19 heavy (non-hydrogen) atoms. The Balaban J connectivity index is 2.43. The van der Waals surface area contributed by atoms with E-state index in [4.69, 9.17) is 10.5 Å². The normalized spacial score (nSPS) is 10.5. The highest BCUT2D eigenvalue weighted by atomic mass is 19.2. The van der Waals surface area contributed by atoms with Crippen LogP contribution in [0.25, 0.3) is 0 Å². The lowest BCUT2D eigenvalue weighted by Gasteiger charge is -2.07. The first-order valence-corrected chi connectivity index (χ1v) is 6.48. The number of ether oxygens (including phenoxy) is 1. The second kappa shape index (κ2) is 7.71. The van der Waals surface area contributed by atoms with Gasteiger partial charge in [0.1, 0.15) is 0 Å². The number of carbonyl (C=O) groups is 1. The minimum Gasteiger partial charge on any atom is -0.462 e. The van der Waals surface area contributed by atoms with Crippen molar-refractivity contribution < 1.29 is 18.3 Å². The fourth-order valence-corrected chi connectivity index (χ4v) is 1.69. The van der Waals surface area contributed by atoms with Gasteiger partial charge in [0.2, 0.25) is 0 Å². The molecule has 5 heteroatoms. The standard InChI is InChI=1S/C14H19F2NO2/c1-2-3-4-5-6-7-19-14(18)10-8-11(15)12(16)9-13(10)17/h8-9H,2-7,17H2,1H3. The monoisotopic (exact) mass is 271 g/mol. The van der Waals surface area contributed by atoms with Gasteiger partial charge in [0.05, 0.1) is 12.2 Å². The Morgan fingerprint density at radius 2 is 1.79 bits per heavy atom. The Morgan fingerprint density at radius 1 is 1.16 bits per heavy atom. The third-order valence-electron chi connectivity index (χ3n) is 2.79. The van der Waals surface area contributed by atoms with E-state index in [0.717, 1.165) is 44.2 Å². The fraction of sp³-hybridized carbons (Fsp3) is 0.500. The minimum absolute atomic E-state index is 0.116. The second-order valence-corrected chi connectivity index (χ2v) is 4.40. The number of hydrogen-bond donors (Lipinski definition) is 1. The van der Waals surface area contributed by atoms with Gasteiger partial charge in [0, 0.05) is 11.8 Å². The van der Waals surface area contributed by atoms with Gasteiger partial charge in [-0.15, -0.1) is 0 Å². The van der Waals surface area contributed by atoms with Crippen molar-refractivity contribution in [3.8, 4) is 0 Å². The fourth-order valence-electron chi connectivity index (χ4n) is 1.69. The first-order chi connectivity index (χ1) is 9.06. The molecule has 3 nitrogen and oxygen atoms in total. The lowest BCUT2D eigenvalue weighted by atomic mass is 10.1. The quantitative estimate of drug-likeness (QED) is 0.467. The molecule has 1 aromatic rings. The van der Waals surface area contributed by atoms with Crippen molar-refractivity contribution in [2.24, 2.45) is 0 Å². The summed E-state index contributed by atoms with van der Waals surface area (Å²) >= 11 is 0. The molecule has 0 spiro atoms.